The van der Waals surface area contributed by atoms with Gasteiger partial charge in [-0.2, -0.15) is 0 Å². The first-order chi connectivity index (χ1) is 12.4. The molecule has 27 heavy (non-hydrogen) atoms. The first kappa shape index (κ1) is 24.3. The fraction of sp³-hybridized carbons (Fsp3) is 0.688. The Hall–Kier alpha value is -2.69. The molecular weight excluding hydrogens is 360 g/mol. The van der Waals surface area contributed by atoms with Gasteiger partial charge in [0, 0.05) is 12.8 Å². The minimum atomic E-state index is -1.28. The highest BCUT2D eigenvalue weighted by molar-refractivity contribution is 5.92. The van der Waals surface area contributed by atoms with Gasteiger partial charge in [-0.05, 0) is 25.2 Å². The number of hydrogen-bond acceptors (Lipinski definition) is 6. The van der Waals surface area contributed by atoms with Gasteiger partial charge in [0.05, 0.1) is 6.04 Å². The third-order valence-electron chi connectivity index (χ3n) is 3.64. The third kappa shape index (κ3) is 10.8. The summed E-state index contributed by atoms with van der Waals surface area (Å²) in [6, 6.07) is -3.57. The van der Waals surface area contributed by atoms with Gasteiger partial charge in [0.1, 0.15) is 12.1 Å². The molecule has 0 aromatic heterocycles. The van der Waals surface area contributed by atoms with Gasteiger partial charge in [0.2, 0.25) is 17.7 Å². The molecule has 0 fully saturated rings. The largest absolute Gasteiger partial charge is 0.481 e. The summed E-state index contributed by atoms with van der Waals surface area (Å²) in [6.45, 7) is 3.56. The van der Waals surface area contributed by atoms with Crippen LogP contribution < -0.4 is 22.1 Å². The van der Waals surface area contributed by atoms with Crippen LogP contribution in [-0.2, 0) is 24.0 Å². The van der Waals surface area contributed by atoms with Gasteiger partial charge in [-0.25, -0.2) is 4.79 Å². The maximum absolute atomic E-state index is 12.4. The summed E-state index contributed by atoms with van der Waals surface area (Å²) in [6.07, 6.45) is -0.672. The highest BCUT2D eigenvalue weighted by Gasteiger charge is 2.28. The quantitative estimate of drug-likeness (QED) is 0.220. The molecule has 0 heterocycles. The molecule has 0 aliphatic rings. The topological polar surface area (TPSA) is 202 Å². The summed E-state index contributed by atoms with van der Waals surface area (Å²) in [4.78, 5) is 57.3. The van der Waals surface area contributed by atoms with Crippen LogP contribution in [0.25, 0.3) is 0 Å². The summed E-state index contributed by atoms with van der Waals surface area (Å²) in [5, 5.41) is 22.6. The average molecular weight is 388 g/mol. The molecule has 0 unspecified atom stereocenters. The van der Waals surface area contributed by atoms with Gasteiger partial charge in [-0.1, -0.05) is 13.8 Å². The maximum atomic E-state index is 12.4. The lowest BCUT2D eigenvalue weighted by Gasteiger charge is -2.23. The van der Waals surface area contributed by atoms with Crippen molar-refractivity contribution in [2.75, 3.05) is 0 Å². The lowest BCUT2D eigenvalue weighted by molar-refractivity contribution is -0.143. The molecule has 8 N–H and O–H groups in total. The number of amides is 3. The minimum Gasteiger partial charge on any atom is -0.481 e. The molecule has 0 bridgehead atoms. The molecule has 0 radical (unpaired) electrons. The molecule has 11 nitrogen and oxygen atoms in total. The Morgan fingerprint density at radius 2 is 1.44 bits per heavy atom. The van der Waals surface area contributed by atoms with E-state index in [0.29, 0.717) is 0 Å². The van der Waals surface area contributed by atoms with Crippen LogP contribution in [0.3, 0.4) is 0 Å². The van der Waals surface area contributed by atoms with E-state index >= 15 is 0 Å². The van der Waals surface area contributed by atoms with Crippen LogP contribution in [0.4, 0.5) is 0 Å². The van der Waals surface area contributed by atoms with Crippen LogP contribution >= 0.6 is 0 Å². The van der Waals surface area contributed by atoms with E-state index < -0.39 is 54.2 Å². The third-order valence-corrected chi connectivity index (χ3v) is 3.64. The first-order valence-corrected chi connectivity index (χ1v) is 8.53. The second-order valence-electron chi connectivity index (χ2n) is 6.63. The molecule has 11 heteroatoms. The van der Waals surface area contributed by atoms with Crippen LogP contribution in [0, 0.1) is 5.92 Å². The second-order valence-corrected chi connectivity index (χ2v) is 6.63. The van der Waals surface area contributed by atoms with E-state index in [0.717, 1.165) is 0 Å². The Labute approximate surface area is 156 Å². The van der Waals surface area contributed by atoms with Crippen molar-refractivity contribution in [2.24, 2.45) is 17.4 Å². The van der Waals surface area contributed by atoms with E-state index in [2.05, 4.69) is 10.6 Å². The second kappa shape index (κ2) is 11.8. The maximum Gasteiger partial charge on any atom is 0.326 e. The van der Waals surface area contributed by atoms with Crippen LogP contribution in [-0.4, -0.2) is 58.0 Å². The van der Waals surface area contributed by atoms with Crippen molar-refractivity contribution in [3.05, 3.63) is 0 Å². The number of hydrogen-bond donors (Lipinski definition) is 6. The average Bonchev–Trinajstić information content (AvgIpc) is 2.54. The predicted octanol–water partition coefficient (Wildman–Crippen LogP) is -1.46. The van der Waals surface area contributed by atoms with Crippen molar-refractivity contribution in [1.82, 2.24) is 10.6 Å². The smallest absolute Gasteiger partial charge is 0.326 e. The predicted molar refractivity (Wildman–Crippen MR) is 94.2 cm³/mol. The van der Waals surface area contributed by atoms with Crippen molar-refractivity contribution in [3.8, 4) is 0 Å². The van der Waals surface area contributed by atoms with Crippen molar-refractivity contribution in [3.63, 3.8) is 0 Å². The summed E-state index contributed by atoms with van der Waals surface area (Å²) < 4.78 is 0. The standard InChI is InChI=1S/C16H28N4O7/c1-8(2)7-11(16(26)27)20-15(25)10(4-6-13(22)23)19-14(24)9(17)3-5-12(18)21/h8-11H,3-7,17H2,1-2H3,(H2,18,21)(H,19,24)(H,20,25)(H,22,23)(H,26,27)/t9-,10-,11-/m0/s1. The SMILES string of the molecule is CC(C)C[C@H](NC(=O)[C@H](CCC(=O)O)NC(=O)[C@@H](N)CCC(N)=O)C(=O)O. The lowest BCUT2D eigenvalue weighted by atomic mass is 10.0. The van der Waals surface area contributed by atoms with E-state index in [-0.39, 0.29) is 31.6 Å². The lowest BCUT2D eigenvalue weighted by Crippen LogP contribution is -2.54. The van der Waals surface area contributed by atoms with Gasteiger partial charge < -0.3 is 32.3 Å². The Morgan fingerprint density at radius 1 is 0.889 bits per heavy atom. The molecule has 3 atom stereocenters. The monoisotopic (exact) mass is 388 g/mol. The van der Waals surface area contributed by atoms with Gasteiger partial charge in [-0.15, -0.1) is 0 Å². The molecule has 0 rings (SSSR count). The molecule has 0 aliphatic carbocycles. The molecule has 0 aromatic carbocycles. The Morgan fingerprint density at radius 3 is 1.89 bits per heavy atom. The Balaban J connectivity index is 5.07. The first-order valence-electron chi connectivity index (χ1n) is 8.53. The molecule has 154 valence electrons. The van der Waals surface area contributed by atoms with E-state index in [9.17, 15) is 29.1 Å². The van der Waals surface area contributed by atoms with Crippen molar-refractivity contribution in [2.45, 2.75) is 64.1 Å². The number of rotatable bonds is 13. The fourth-order valence-electron chi connectivity index (χ4n) is 2.21. The Bertz CT molecular complexity index is 565. The molecule has 0 saturated heterocycles. The fourth-order valence-corrected chi connectivity index (χ4v) is 2.21. The van der Waals surface area contributed by atoms with Gasteiger partial charge in [0.25, 0.3) is 0 Å². The summed E-state index contributed by atoms with van der Waals surface area (Å²) in [7, 11) is 0. The highest BCUT2D eigenvalue weighted by Crippen LogP contribution is 2.07. The van der Waals surface area contributed by atoms with E-state index in [4.69, 9.17) is 16.6 Å². The number of nitrogens with one attached hydrogen (secondary N) is 2. The molecule has 3 amide bonds. The minimum absolute atomic E-state index is 0.0133. The zero-order valence-corrected chi connectivity index (χ0v) is 15.4. The molecule has 0 aliphatic heterocycles. The molecule has 0 saturated carbocycles. The zero-order chi connectivity index (χ0) is 21.1. The van der Waals surface area contributed by atoms with Crippen LogP contribution in [0.5, 0.6) is 0 Å². The Kier molecular flexibility index (Phi) is 10.7. The zero-order valence-electron chi connectivity index (χ0n) is 15.4. The van der Waals surface area contributed by atoms with E-state index in [1.807, 2.05) is 0 Å². The normalized spacial score (nSPS) is 14.1. The highest BCUT2D eigenvalue weighted by atomic mass is 16.4. The number of primary amides is 1. The van der Waals surface area contributed by atoms with Crippen molar-refractivity contribution in [1.29, 1.82) is 0 Å². The molecule has 0 spiro atoms. The summed E-state index contributed by atoms with van der Waals surface area (Å²) >= 11 is 0. The number of carbonyl (C=O) groups excluding carboxylic acids is 3. The van der Waals surface area contributed by atoms with Gasteiger partial charge in [0.15, 0.2) is 0 Å². The summed E-state index contributed by atoms with van der Waals surface area (Å²) in [5.74, 6) is -4.66. The van der Waals surface area contributed by atoms with Crippen molar-refractivity contribution < 1.29 is 34.2 Å². The molecule has 0 aromatic rings. The van der Waals surface area contributed by atoms with Crippen LogP contribution in [0.15, 0.2) is 0 Å². The number of carboxylic acid groups (broad SMARTS) is 2. The van der Waals surface area contributed by atoms with Gasteiger partial charge in [-0.3, -0.25) is 19.2 Å². The number of carbonyl (C=O) groups is 5. The number of nitrogens with two attached hydrogens (primary N) is 2. The van der Waals surface area contributed by atoms with Gasteiger partial charge >= 0.3 is 11.9 Å². The van der Waals surface area contributed by atoms with Crippen LogP contribution in [0.2, 0.25) is 0 Å². The van der Waals surface area contributed by atoms with E-state index in [1.165, 1.54) is 0 Å². The van der Waals surface area contributed by atoms with Crippen LogP contribution in [0.1, 0.15) is 46.0 Å². The summed E-state index contributed by atoms with van der Waals surface area (Å²) in [5.41, 5.74) is 10.6. The van der Waals surface area contributed by atoms with Crippen molar-refractivity contribution >= 4 is 29.7 Å². The number of carboxylic acids is 2. The number of aliphatic carboxylic acids is 2. The van der Waals surface area contributed by atoms with E-state index in [1.54, 1.807) is 13.8 Å². The molecular formula is C16H28N4O7.